The fraction of sp³-hybridized carbons (Fsp3) is 0.176. The molecule has 2 aliphatic heterocycles. The first kappa shape index (κ1) is 32.0. The van der Waals surface area contributed by atoms with Crippen molar-refractivity contribution in [3.05, 3.63) is 104 Å². The Bertz CT molecular complexity index is 1790. The number of ether oxygens (including phenoxy) is 4. The van der Waals surface area contributed by atoms with Crippen molar-refractivity contribution < 1.29 is 39.4 Å². The molecule has 0 radical (unpaired) electrons. The normalized spacial score (nSPS) is 15.3. The molecule has 0 spiro atoms. The van der Waals surface area contributed by atoms with Gasteiger partial charge < -0.3 is 39.4 Å². The van der Waals surface area contributed by atoms with Gasteiger partial charge in [-0.1, -0.05) is 53.0 Å². The lowest BCUT2D eigenvalue weighted by atomic mass is 10.1. The molecule has 0 fully saturated rings. The molecule has 11 heteroatoms. The summed E-state index contributed by atoms with van der Waals surface area (Å²) in [5, 5.41) is 42.8. The summed E-state index contributed by atoms with van der Waals surface area (Å²) in [7, 11) is 3.00. The Morgan fingerprint density at radius 1 is 0.600 bits per heavy atom. The summed E-state index contributed by atoms with van der Waals surface area (Å²) in [6.45, 7) is 0. The van der Waals surface area contributed by atoms with Gasteiger partial charge in [-0.15, -0.1) is 0 Å². The van der Waals surface area contributed by atoms with Gasteiger partial charge in [0.25, 0.3) is 0 Å². The smallest absolute Gasteiger partial charge is 0.211 e. The van der Waals surface area contributed by atoms with Gasteiger partial charge in [-0.25, -0.2) is 0 Å². The summed E-state index contributed by atoms with van der Waals surface area (Å²) in [4.78, 5) is 0. The van der Waals surface area contributed by atoms with Crippen LogP contribution in [-0.2, 0) is 25.7 Å². The fourth-order valence-corrected chi connectivity index (χ4v) is 5.47. The van der Waals surface area contributed by atoms with Crippen LogP contribution in [0.25, 0.3) is 0 Å². The highest BCUT2D eigenvalue weighted by Crippen LogP contribution is 2.45. The Labute approximate surface area is 274 Å². The van der Waals surface area contributed by atoms with Gasteiger partial charge >= 0.3 is 0 Å². The Morgan fingerprint density at radius 2 is 1.13 bits per heavy atom. The van der Waals surface area contributed by atoms with E-state index in [1.165, 1.54) is 32.4 Å². The molecule has 0 aromatic heterocycles. The van der Waals surface area contributed by atoms with Gasteiger partial charge in [0.15, 0.2) is 23.0 Å². The number of phenols is 4. The Kier molecular flexibility index (Phi) is 9.77. The van der Waals surface area contributed by atoms with Crippen LogP contribution in [-0.4, -0.2) is 34.6 Å². The molecule has 0 saturated heterocycles. The topological polar surface area (TPSA) is 118 Å². The molecule has 0 saturated carbocycles. The zero-order valence-electron chi connectivity index (χ0n) is 24.2. The van der Waals surface area contributed by atoms with Crippen LogP contribution in [0.2, 0.25) is 10.0 Å². The minimum atomic E-state index is -0.296. The third-order valence-electron chi connectivity index (χ3n) is 7.10. The van der Waals surface area contributed by atoms with Gasteiger partial charge in [0.1, 0.15) is 28.7 Å². The highest BCUT2D eigenvalue weighted by molar-refractivity contribution is 6.32. The van der Waals surface area contributed by atoms with E-state index >= 15 is 0 Å². The van der Waals surface area contributed by atoms with Crippen LogP contribution in [0, 0.1) is 0 Å². The number of methoxy groups -OCH3 is 2. The molecule has 45 heavy (non-hydrogen) atoms. The van der Waals surface area contributed by atoms with Crippen molar-refractivity contribution in [3.63, 3.8) is 0 Å². The SMILES string of the molecule is COc1cc2cc(OC)c1Oc1cc(c(O)cc1Cl)C/C=C\Cc1cc(O)cc(O)c1Oc1cc(c(O)cc1Cl)C/C=C(/Cl)C2. The first-order valence-electron chi connectivity index (χ1n) is 13.7. The number of fused-ring (bicyclic) bond motifs is 6. The van der Waals surface area contributed by atoms with Crippen LogP contribution in [0.15, 0.2) is 71.8 Å². The van der Waals surface area contributed by atoms with Crippen LogP contribution in [0.1, 0.15) is 22.3 Å². The molecule has 0 unspecified atom stereocenters. The zero-order valence-corrected chi connectivity index (χ0v) is 26.5. The largest absolute Gasteiger partial charge is 0.508 e. The highest BCUT2D eigenvalue weighted by Gasteiger charge is 2.20. The van der Waals surface area contributed by atoms with E-state index in [2.05, 4.69) is 0 Å². The summed E-state index contributed by atoms with van der Waals surface area (Å²) in [6, 6.07) is 12.1. The maximum atomic E-state index is 10.7. The van der Waals surface area contributed by atoms with Gasteiger partial charge in [-0.05, 0) is 55.2 Å². The number of benzene rings is 4. The Hall–Kier alpha value is -4.37. The number of aromatic hydroxyl groups is 4. The van der Waals surface area contributed by atoms with Crippen molar-refractivity contribution in [2.24, 2.45) is 0 Å². The van der Waals surface area contributed by atoms with Gasteiger partial charge in [0.05, 0.1) is 24.3 Å². The molecule has 2 heterocycles. The van der Waals surface area contributed by atoms with Crippen molar-refractivity contribution in [3.8, 4) is 57.5 Å². The standard InChI is InChI=1S/C34H29Cl3O8/c1-42-31-10-18-9-22(35)8-7-20-14-29(24(36)17-27(20)40)44-33-21(12-23(38)15-28(33)41)6-4-3-5-19-13-30(25(37)16-26(19)39)45-34(31)32(11-18)43-2/h3-4,8,10-17,38-41H,5-7,9H2,1-2H3/b4-3-,22-8+. The average Bonchev–Trinajstić information content (AvgIpc) is 2.99. The van der Waals surface area contributed by atoms with Crippen LogP contribution in [0.3, 0.4) is 0 Å². The van der Waals surface area contributed by atoms with Crippen LogP contribution >= 0.6 is 34.8 Å². The van der Waals surface area contributed by atoms with E-state index in [0.29, 0.717) is 46.1 Å². The molecule has 0 aliphatic carbocycles. The lowest BCUT2D eigenvalue weighted by Gasteiger charge is -2.17. The zero-order chi connectivity index (χ0) is 32.2. The van der Waals surface area contributed by atoms with E-state index in [1.54, 1.807) is 42.5 Å². The minimum absolute atomic E-state index is 0.0287. The fourth-order valence-electron chi connectivity index (χ4n) is 4.84. The van der Waals surface area contributed by atoms with Crippen molar-refractivity contribution in [1.29, 1.82) is 0 Å². The second kappa shape index (κ2) is 13.7. The van der Waals surface area contributed by atoms with E-state index in [4.69, 9.17) is 53.8 Å². The summed E-state index contributed by atoms with van der Waals surface area (Å²) in [6.07, 6.45) is 6.45. The van der Waals surface area contributed by atoms with Crippen LogP contribution in [0.5, 0.6) is 57.5 Å². The van der Waals surface area contributed by atoms with E-state index in [0.717, 1.165) is 11.6 Å². The molecule has 234 valence electrons. The minimum Gasteiger partial charge on any atom is -0.508 e. The molecule has 4 aromatic carbocycles. The monoisotopic (exact) mass is 670 g/mol. The lowest BCUT2D eigenvalue weighted by Crippen LogP contribution is -1.99. The van der Waals surface area contributed by atoms with Crippen molar-refractivity contribution in [1.82, 2.24) is 0 Å². The van der Waals surface area contributed by atoms with Gasteiger partial charge in [-0.2, -0.15) is 0 Å². The van der Waals surface area contributed by atoms with Gasteiger partial charge in [-0.3, -0.25) is 0 Å². The highest BCUT2D eigenvalue weighted by atomic mass is 35.5. The molecule has 4 aromatic rings. The number of halogens is 3. The van der Waals surface area contributed by atoms with E-state index in [9.17, 15) is 20.4 Å². The number of rotatable bonds is 2. The van der Waals surface area contributed by atoms with Crippen LogP contribution in [0.4, 0.5) is 0 Å². The molecule has 2 aliphatic rings. The summed E-state index contributed by atoms with van der Waals surface area (Å²) >= 11 is 19.5. The van der Waals surface area contributed by atoms with Crippen molar-refractivity contribution >= 4 is 34.8 Å². The molecular weight excluding hydrogens is 643 g/mol. The number of allylic oxidation sites excluding steroid dienone is 4. The summed E-state index contributed by atoms with van der Waals surface area (Å²) in [5.74, 6) is 1.05. The predicted octanol–water partition coefficient (Wildman–Crippen LogP) is 8.98. The quantitative estimate of drug-likeness (QED) is 0.156. The lowest BCUT2D eigenvalue weighted by molar-refractivity contribution is 0.345. The first-order chi connectivity index (χ1) is 21.6. The van der Waals surface area contributed by atoms with Crippen molar-refractivity contribution in [2.45, 2.75) is 25.7 Å². The average molecular weight is 672 g/mol. The number of hydrogen-bond acceptors (Lipinski definition) is 8. The summed E-state index contributed by atoms with van der Waals surface area (Å²) in [5.41, 5.74) is 2.23. The van der Waals surface area contributed by atoms with Gasteiger partial charge in [0, 0.05) is 46.3 Å². The van der Waals surface area contributed by atoms with Crippen LogP contribution < -0.4 is 18.9 Å². The van der Waals surface area contributed by atoms with Crippen molar-refractivity contribution in [2.75, 3.05) is 14.2 Å². The molecular formula is C34H29Cl3O8. The molecule has 6 bridgehead atoms. The number of phenolic OH excluding ortho intramolecular Hbond substituents is 4. The number of hydrogen-bond donors (Lipinski definition) is 4. The molecule has 8 nitrogen and oxygen atoms in total. The molecule has 0 atom stereocenters. The maximum Gasteiger partial charge on any atom is 0.211 e. The third kappa shape index (κ3) is 7.31. The molecule has 6 rings (SSSR count). The first-order valence-corrected chi connectivity index (χ1v) is 14.9. The second-order valence-corrected chi connectivity index (χ2v) is 11.5. The molecule has 0 amide bonds. The van der Waals surface area contributed by atoms with E-state index in [-0.39, 0.29) is 68.9 Å². The Morgan fingerprint density at radius 3 is 1.71 bits per heavy atom. The second-order valence-electron chi connectivity index (χ2n) is 10.2. The van der Waals surface area contributed by atoms with Gasteiger partial charge in [0.2, 0.25) is 5.75 Å². The van der Waals surface area contributed by atoms with E-state index < -0.39 is 0 Å². The predicted molar refractivity (Wildman–Crippen MR) is 174 cm³/mol. The summed E-state index contributed by atoms with van der Waals surface area (Å²) < 4.78 is 23.5. The van der Waals surface area contributed by atoms with E-state index in [1.807, 2.05) is 0 Å². The molecule has 4 N–H and O–H groups in total. The Balaban J connectivity index is 1.62. The third-order valence-corrected chi connectivity index (χ3v) is 7.98. The maximum absolute atomic E-state index is 10.7.